The fraction of sp³-hybridized carbons (Fsp3) is 0.286. The van der Waals surface area contributed by atoms with Gasteiger partial charge in [-0.25, -0.2) is 4.98 Å². The van der Waals surface area contributed by atoms with Crippen LogP contribution in [0.4, 0.5) is 10.8 Å². The van der Waals surface area contributed by atoms with Crippen LogP contribution in [0.25, 0.3) is 0 Å². The maximum absolute atomic E-state index is 5.36. The number of anilines is 2. The van der Waals surface area contributed by atoms with Crippen LogP contribution >= 0.6 is 11.3 Å². The molecular weight excluding hydrogens is 272 g/mol. The van der Waals surface area contributed by atoms with E-state index in [4.69, 9.17) is 4.74 Å². The monoisotopic (exact) mass is 288 g/mol. The average Bonchev–Trinajstić information content (AvgIpc) is 2.98. The minimum Gasteiger partial charge on any atom is -0.378 e. The number of thiophene rings is 1. The highest BCUT2D eigenvalue weighted by Crippen LogP contribution is 2.25. The number of ether oxygens (including phenoxy) is 1. The number of nitrogens with zero attached hydrogens (tertiary/aromatic N) is 3. The first kappa shape index (κ1) is 13.1. The molecule has 1 aliphatic heterocycles. The van der Waals surface area contributed by atoms with Crippen LogP contribution in [0.5, 0.6) is 0 Å². The molecule has 20 heavy (non-hydrogen) atoms. The molecule has 0 spiro atoms. The van der Waals surface area contributed by atoms with Gasteiger partial charge in [0.05, 0.1) is 24.4 Å². The van der Waals surface area contributed by atoms with E-state index in [1.54, 1.807) is 17.5 Å². The number of aromatic nitrogens is 1. The Balaban J connectivity index is 1.59. The number of pyridine rings is 1. The molecule has 2 aromatic rings. The summed E-state index contributed by atoms with van der Waals surface area (Å²) in [7, 11) is 0. The van der Waals surface area contributed by atoms with Crippen LogP contribution in [0.15, 0.2) is 41.6 Å². The number of hydrogen-bond donors (Lipinski definition) is 1. The van der Waals surface area contributed by atoms with Gasteiger partial charge >= 0.3 is 0 Å². The first-order valence-electron chi connectivity index (χ1n) is 6.54. The summed E-state index contributed by atoms with van der Waals surface area (Å²) in [5, 5.41) is 5.47. The lowest BCUT2D eigenvalue weighted by Gasteiger charge is -2.27. The first-order chi connectivity index (χ1) is 9.92. The highest BCUT2D eigenvalue weighted by atomic mass is 32.1. The molecule has 0 atom stereocenters. The molecular formula is C14H16N4OS. The minimum absolute atomic E-state index is 0.744. The lowest BCUT2D eigenvalue weighted by atomic mass is 10.4. The van der Waals surface area contributed by atoms with Gasteiger partial charge in [-0.05, 0) is 24.3 Å². The van der Waals surface area contributed by atoms with Crippen LogP contribution in [-0.2, 0) is 4.74 Å². The molecule has 1 saturated heterocycles. The van der Waals surface area contributed by atoms with Gasteiger partial charge in [0.2, 0.25) is 0 Å². The van der Waals surface area contributed by atoms with E-state index in [2.05, 4.69) is 32.5 Å². The van der Waals surface area contributed by atoms with Gasteiger partial charge in [0.15, 0.2) is 0 Å². The zero-order chi connectivity index (χ0) is 13.6. The summed E-state index contributed by atoms with van der Waals surface area (Å²) in [6.07, 6.45) is 3.56. The molecule has 0 aliphatic carbocycles. The van der Waals surface area contributed by atoms with E-state index < -0.39 is 0 Å². The van der Waals surface area contributed by atoms with Crippen molar-refractivity contribution in [1.29, 1.82) is 0 Å². The Labute approximate surface area is 121 Å². The van der Waals surface area contributed by atoms with Gasteiger partial charge in [0.25, 0.3) is 0 Å². The van der Waals surface area contributed by atoms with Crippen LogP contribution in [0.1, 0.15) is 4.88 Å². The molecule has 3 heterocycles. The Morgan fingerprint density at radius 3 is 2.95 bits per heavy atom. The van der Waals surface area contributed by atoms with Crippen molar-refractivity contribution < 1.29 is 4.74 Å². The highest BCUT2D eigenvalue weighted by molar-refractivity contribution is 7.17. The predicted molar refractivity (Wildman–Crippen MR) is 82.8 cm³/mol. The third kappa shape index (κ3) is 3.34. The van der Waals surface area contributed by atoms with E-state index in [0.29, 0.717) is 0 Å². The van der Waals surface area contributed by atoms with E-state index in [9.17, 15) is 0 Å². The van der Waals surface area contributed by atoms with Crippen molar-refractivity contribution >= 4 is 28.4 Å². The van der Waals surface area contributed by atoms with Crippen molar-refractivity contribution in [3.05, 3.63) is 41.4 Å². The van der Waals surface area contributed by atoms with Gasteiger partial charge in [0, 0.05) is 24.2 Å². The second-order valence-corrected chi connectivity index (χ2v) is 5.45. The van der Waals surface area contributed by atoms with E-state index in [0.717, 1.165) is 37.0 Å². The van der Waals surface area contributed by atoms with Crippen molar-refractivity contribution in [3.63, 3.8) is 0 Å². The smallest absolute Gasteiger partial charge is 0.146 e. The molecule has 0 unspecified atom stereocenters. The van der Waals surface area contributed by atoms with Gasteiger partial charge in [0.1, 0.15) is 5.82 Å². The fourth-order valence-corrected chi connectivity index (χ4v) is 2.89. The van der Waals surface area contributed by atoms with Gasteiger partial charge in [-0.1, -0.05) is 6.07 Å². The van der Waals surface area contributed by atoms with Gasteiger partial charge in [-0.2, -0.15) is 5.10 Å². The second-order valence-electron chi connectivity index (χ2n) is 4.36. The minimum atomic E-state index is 0.744. The third-order valence-corrected chi connectivity index (χ3v) is 4.05. The molecule has 5 nitrogen and oxygen atoms in total. The Morgan fingerprint density at radius 2 is 2.15 bits per heavy atom. The Bertz CT molecular complexity index is 564. The van der Waals surface area contributed by atoms with Crippen molar-refractivity contribution in [1.82, 2.24) is 4.98 Å². The van der Waals surface area contributed by atoms with E-state index in [-0.39, 0.29) is 0 Å². The molecule has 0 saturated carbocycles. The summed E-state index contributed by atoms with van der Waals surface area (Å²) in [5.41, 5.74) is 2.91. The molecule has 1 fully saturated rings. The molecule has 104 valence electrons. The van der Waals surface area contributed by atoms with Gasteiger partial charge in [-0.3, -0.25) is 5.43 Å². The van der Waals surface area contributed by atoms with Crippen molar-refractivity contribution in [2.75, 3.05) is 36.6 Å². The van der Waals surface area contributed by atoms with Crippen molar-refractivity contribution in [3.8, 4) is 0 Å². The van der Waals surface area contributed by atoms with Gasteiger partial charge in [-0.15, -0.1) is 11.3 Å². The Hall–Kier alpha value is -1.92. The lowest BCUT2D eigenvalue weighted by Crippen LogP contribution is -2.35. The van der Waals surface area contributed by atoms with E-state index >= 15 is 0 Å². The lowest BCUT2D eigenvalue weighted by molar-refractivity contribution is 0.123. The summed E-state index contributed by atoms with van der Waals surface area (Å²) in [6, 6.07) is 9.90. The standard InChI is InChI=1S/C14H16N4OS/c1-2-6-15-13(3-1)17-16-11-12-4-5-14(20-12)18-7-9-19-10-8-18/h1-6,11H,7-10H2,(H,15,17)/b16-11+. The molecule has 2 aromatic heterocycles. The molecule has 1 N–H and O–H groups in total. The Kier molecular flexibility index (Phi) is 4.25. The largest absolute Gasteiger partial charge is 0.378 e. The topological polar surface area (TPSA) is 49.8 Å². The van der Waals surface area contributed by atoms with Crippen LogP contribution in [-0.4, -0.2) is 37.5 Å². The number of morpholine rings is 1. The number of nitrogens with one attached hydrogen (secondary N) is 1. The molecule has 3 rings (SSSR count). The Morgan fingerprint density at radius 1 is 1.25 bits per heavy atom. The van der Waals surface area contributed by atoms with E-state index in [1.807, 2.05) is 24.4 Å². The molecule has 6 heteroatoms. The highest BCUT2D eigenvalue weighted by Gasteiger charge is 2.12. The predicted octanol–water partition coefficient (Wildman–Crippen LogP) is 2.43. The molecule has 0 radical (unpaired) electrons. The molecule has 0 amide bonds. The third-order valence-electron chi connectivity index (χ3n) is 2.97. The van der Waals surface area contributed by atoms with Crippen LogP contribution in [0, 0.1) is 0 Å². The number of rotatable bonds is 4. The maximum atomic E-state index is 5.36. The SMILES string of the molecule is C(=N\Nc1ccccn1)/c1ccc(N2CCOCC2)s1. The summed E-state index contributed by atoms with van der Waals surface area (Å²) >= 11 is 1.74. The molecule has 0 bridgehead atoms. The summed E-state index contributed by atoms with van der Waals surface area (Å²) < 4.78 is 5.36. The van der Waals surface area contributed by atoms with Crippen molar-refractivity contribution in [2.24, 2.45) is 5.10 Å². The quantitative estimate of drug-likeness (QED) is 0.693. The number of hydrogen-bond acceptors (Lipinski definition) is 6. The zero-order valence-corrected chi connectivity index (χ0v) is 11.8. The summed E-state index contributed by atoms with van der Waals surface area (Å²) in [5.74, 6) is 0.744. The maximum Gasteiger partial charge on any atom is 0.146 e. The van der Waals surface area contributed by atoms with Crippen LogP contribution < -0.4 is 10.3 Å². The van der Waals surface area contributed by atoms with E-state index in [1.165, 1.54) is 5.00 Å². The zero-order valence-electron chi connectivity index (χ0n) is 11.0. The average molecular weight is 288 g/mol. The first-order valence-corrected chi connectivity index (χ1v) is 7.36. The van der Waals surface area contributed by atoms with Gasteiger partial charge < -0.3 is 9.64 Å². The fourth-order valence-electron chi connectivity index (χ4n) is 1.96. The summed E-state index contributed by atoms with van der Waals surface area (Å²) in [6.45, 7) is 3.54. The summed E-state index contributed by atoms with van der Waals surface area (Å²) in [4.78, 5) is 7.61. The van der Waals surface area contributed by atoms with Crippen LogP contribution in [0.2, 0.25) is 0 Å². The van der Waals surface area contributed by atoms with Crippen molar-refractivity contribution in [2.45, 2.75) is 0 Å². The van der Waals surface area contributed by atoms with Crippen LogP contribution in [0.3, 0.4) is 0 Å². The molecule has 0 aromatic carbocycles. The molecule has 1 aliphatic rings. The second kappa shape index (κ2) is 6.49. The number of hydrazone groups is 1. The normalized spacial score (nSPS) is 15.7.